The van der Waals surface area contributed by atoms with E-state index >= 15 is 0 Å². The summed E-state index contributed by atoms with van der Waals surface area (Å²) < 4.78 is 50.7. The first-order valence-corrected chi connectivity index (χ1v) is 27.6. The number of imide groups is 2. The van der Waals surface area contributed by atoms with Crippen LogP contribution < -0.4 is 148 Å². The molecule has 0 aromatic heterocycles. The molecule has 6 aliphatic heterocycles. The molecule has 18 heteroatoms. The maximum absolute atomic E-state index is 14.0. The number of allylic oxidation sites excluding steroid dienone is 4. The molecule has 364 valence electrons. The third-order valence-electron chi connectivity index (χ3n) is 14.5. The van der Waals surface area contributed by atoms with Gasteiger partial charge in [0.25, 0.3) is 11.8 Å². The number of anilines is 2. The maximum atomic E-state index is 14.0. The molecule has 6 heterocycles. The Morgan fingerprint density at radius 2 is 0.797 bits per heavy atom. The summed E-state index contributed by atoms with van der Waals surface area (Å²) >= 11 is 0. The van der Waals surface area contributed by atoms with Crippen molar-refractivity contribution in [1.82, 2.24) is 0 Å². The molecule has 1 saturated heterocycles. The van der Waals surface area contributed by atoms with Gasteiger partial charge in [-0.1, -0.05) is 18.2 Å². The Bertz CT molecular complexity index is 3180. The Labute approximate surface area is 514 Å². The largest absolute Gasteiger partial charge is 1.00 e. The number of carbonyl (C=O) groups excluding carboxylic acids is 4. The van der Waals surface area contributed by atoms with Crippen LogP contribution in [-0.4, -0.2) is 40.3 Å². The molecular formula is C56H48K2N2O12Si2. The van der Waals surface area contributed by atoms with Gasteiger partial charge in [0.05, 0.1) is 5.69 Å². The zero-order valence-corrected chi connectivity index (χ0v) is 50.0. The Balaban J connectivity index is 0.000000150. The molecule has 4 amide bonds. The van der Waals surface area contributed by atoms with Crippen LogP contribution in [0.25, 0.3) is 0 Å². The minimum Gasteiger partial charge on any atom is -0.269 e. The van der Waals surface area contributed by atoms with Gasteiger partial charge < -0.3 is 0 Å². The van der Waals surface area contributed by atoms with E-state index in [1.165, 1.54) is 9.80 Å². The summed E-state index contributed by atoms with van der Waals surface area (Å²) in [7, 11) is -9.13. The van der Waals surface area contributed by atoms with E-state index in [9.17, 15) is 19.2 Å². The number of carbonyl (C=O) groups is 4. The van der Waals surface area contributed by atoms with Crippen molar-refractivity contribution in [3.8, 4) is 46.0 Å². The third-order valence-corrected chi connectivity index (χ3v) is 21.7. The van der Waals surface area contributed by atoms with Crippen LogP contribution in [0, 0.1) is 10.8 Å². The van der Waals surface area contributed by atoms with Crippen LogP contribution in [0.3, 0.4) is 0 Å². The molecular weight excluding hydrogens is 1030 g/mol. The molecule has 13 rings (SSSR count). The van der Waals surface area contributed by atoms with Crippen molar-refractivity contribution in [2.75, 3.05) is 9.80 Å². The summed E-state index contributed by atoms with van der Waals surface area (Å²) in [5.74, 6) is 3.55. The predicted molar refractivity (Wildman–Crippen MR) is 271 cm³/mol. The average molecular weight is 1080 g/mol. The van der Waals surface area contributed by atoms with E-state index in [-0.39, 0.29) is 133 Å². The van der Waals surface area contributed by atoms with E-state index in [1.54, 1.807) is 56.3 Å². The van der Waals surface area contributed by atoms with Crippen molar-refractivity contribution in [2.45, 2.75) is 40.5 Å². The number of hydrogen-bond donors (Lipinski definition) is 0. The van der Waals surface area contributed by atoms with Crippen LogP contribution in [0.15, 0.2) is 205 Å². The molecule has 1 fully saturated rings. The van der Waals surface area contributed by atoms with Crippen LogP contribution in [0.4, 0.5) is 11.4 Å². The van der Waals surface area contributed by atoms with E-state index in [0.29, 0.717) is 85.3 Å². The number of rotatable bonds is 5. The van der Waals surface area contributed by atoms with Gasteiger partial charge >= 0.3 is 433 Å². The summed E-state index contributed by atoms with van der Waals surface area (Å²) in [4.78, 5) is 53.8. The van der Waals surface area contributed by atoms with Crippen molar-refractivity contribution in [3.63, 3.8) is 0 Å². The summed E-state index contributed by atoms with van der Waals surface area (Å²) in [5, 5.41) is 1.13. The Morgan fingerprint density at radius 3 is 1.15 bits per heavy atom. The van der Waals surface area contributed by atoms with Crippen molar-refractivity contribution in [1.29, 1.82) is 0 Å². The second-order valence-electron chi connectivity index (χ2n) is 18.7. The first-order valence-electron chi connectivity index (χ1n) is 23.4. The maximum Gasteiger partial charge on any atom is 1.00 e. The van der Waals surface area contributed by atoms with Crippen molar-refractivity contribution < 1.29 is 157 Å². The predicted octanol–water partition coefficient (Wildman–Crippen LogP) is 4.67. The molecule has 2 atom stereocenters. The second kappa shape index (κ2) is 19.4. The standard InChI is InChI=1S/C28H24NO6Si.C16H13O4Si.C12H11NO2.2K/c1-27-17-16-20(18-28(27,2)26(31)29(25(27)30)19-10-4-3-5-11-19)36(32-21-12-6-7-13-22(21)33-36)34-23-14-8-9-15-24(23)35-36;1-3-12(2)21(17-13-8-4-5-9-14(13)18-21)19-15-10-6-7-11-16(15)20-21;1-8-9(2)12(15)13(11(8)14)10-6-4-3-5-7-10;;/h3-16H,17-18H2,1-2H3;3-11H,1-2H2;3-7H,1-2H3;;/q2*-1;;2*+1. The van der Waals surface area contributed by atoms with E-state index < -0.39 is 27.5 Å². The topological polar surface area (TPSA) is 149 Å². The van der Waals surface area contributed by atoms with Crippen LogP contribution in [0.1, 0.15) is 40.5 Å². The molecule has 1 aliphatic carbocycles. The zero-order valence-electron chi connectivity index (χ0n) is 41.8. The number of nitrogens with zero attached hydrogens (tertiary/aromatic N) is 2. The van der Waals surface area contributed by atoms with Crippen LogP contribution >= 0.6 is 0 Å². The van der Waals surface area contributed by atoms with E-state index in [4.69, 9.17) is 35.4 Å². The van der Waals surface area contributed by atoms with Gasteiger partial charge in [-0.3, -0.25) is 9.59 Å². The number of amides is 4. The average Bonchev–Trinajstić information content (AvgIpc) is 4.19. The normalized spacial score (nSPS) is 23.5. The monoisotopic (exact) mass is 1070 g/mol. The molecule has 14 nitrogen and oxygen atoms in total. The van der Waals surface area contributed by atoms with Crippen LogP contribution in [0.5, 0.6) is 46.0 Å². The molecule has 0 bridgehead atoms. The molecule has 0 radical (unpaired) electrons. The van der Waals surface area contributed by atoms with Gasteiger partial charge in [-0.2, -0.15) is 0 Å². The van der Waals surface area contributed by atoms with Gasteiger partial charge in [0.15, 0.2) is 0 Å². The summed E-state index contributed by atoms with van der Waals surface area (Å²) in [6, 6.07) is 47.4. The fraction of sp³-hybridized carbons (Fsp3) is 0.143. The van der Waals surface area contributed by atoms with E-state index in [1.807, 2.05) is 141 Å². The summed E-state index contributed by atoms with van der Waals surface area (Å²) in [5.41, 5.74) is 0.273. The second-order valence-corrected chi connectivity index (χ2v) is 25.3. The third kappa shape index (κ3) is 8.08. The molecule has 6 aromatic carbocycles. The SMILES string of the molecule is C=CC(=C)[Si-]12(Oc3ccccc3O1)Oc1ccccc1O2.CC12CC=C([Si-]34(Oc5ccccc5O3)Oc3ccccc3O4)CC1(C)C(=O)N(c1ccccc1)C2=O.CC1=C(C)C(=O)N(c2ccccc2)C1=O.[K+].[K+]. The first kappa shape index (κ1) is 53.5. The summed E-state index contributed by atoms with van der Waals surface area (Å²) in [6.45, 7) is 14.8. The molecule has 74 heavy (non-hydrogen) atoms. The van der Waals surface area contributed by atoms with E-state index in [0.717, 1.165) is 0 Å². The fourth-order valence-corrected chi connectivity index (χ4v) is 17.4. The van der Waals surface area contributed by atoms with Crippen molar-refractivity contribution in [3.05, 3.63) is 205 Å². The molecule has 0 saturated carbocycles. The molecule has 7 aliphatic rings. The quantitative estimate of drug-likeness (QED) is 0.134. The van der Waals surface area contributed by atoms with Gasteiger partial charge in [0.2, 0.25) is 0 Å². The Kier molecular flexibility index (Phi) is 14.0. The fourth-order valence-electron chi connectivity index (χ4n) is 10.0. The van der Waals surface area contributed by atoms with E-state index in [2.05, 4.69) is 13.2 Å². The minimum absolute atomic E-state index is 0. The number of benzene rings is 6. The van der Waals surface area contributed by atoms with Crippen LogP contribution in [0.2, 0.25) is 0 Å². The Morgan fingerprint density at radius 1 is 0.486 bits per heavy atom. The molecule has 0 N–H and O–H groups in total. The Hall–Kier alpha value is -5.33. The number of para-hydroxylation sites is 10. The summed E-state index contributed by atoms with van der Waals surface area (Å²) in [6.07, 6.45) is 4.02. The van der Waals surface area contributed by atoms with Gasteiger partial charge in [-0.05, 0) is 26.0 Å². The van der Waals surface area contributed by atoms with Gasteiger partial charge in [0.1, 0.15) is 0 Å². The van der Waals surface area contributed by atoms with Gasteiger partial charge in [0, 0.05) is 11.1 Å². The number of fused-ring (bicyclic) bond motifs is 5. The molecule has 2 unspecified atom stereocenters. The number of hydrogen-bond acceptors (Lipinski definition) is 12. The van der Waals surface area contributed by atoms with Gasteiger partial charge in [-0.25, -0.2) is 4.90 Å². The van der Waals surface area contributed by atoms with Crippen LogP contribution in [-0.2, 0) is 19.2 Å². The zero-order chi connectivity index (χ0) is 50.3. The smallest absolute Gasteiger partial charge is 0.269 e. The van der Waals surface area contributed by atoms with Crippen molar-refractivity contribution in [2.24, 2.45) is 10.8 Å². The molecule has 2 spiro atoms. The minimum atomic E-state index is -4.79. The first-order chi connectivity index (χ1) is 34.6. The molecule has 6 aromatic rings. The van der Waals surface area contributed by atoms with Crippen molar-refractivity contribution >= 4 is 51.7 Å². The van der Waals surface area contributed by atoms with Gasteiger partial charge in [-0.15, -0.1) is 0 Å².